The van der Waals surface area contributed by atoms with Crippen molar-refractivity contribution in [3.63, 3.8) is 0 Å². The van der Waals surface area contributed by atoms with Crippen molar-refractivity contribution in [1.29, 1.82) is 0 Å². The van der Waals surface area contributed by atoms with Crippen molar-refractivity contribution in [2.45, 2.75) is 19.3 Å². The van der Waals surface area contributed by atoms with Gasteiger partial charge in [0.25, 0.3) is 5.91 Å². The Labute approximate surface area is 152 Å². The highest BCUT2D eigenvalue weighted by Crippen LogP contribution is 2.35. The molecule has 1 atom stereocenters. The summed E-state index contributed by atoms with van der Waals surface area (Å²) in [6.45, 7) is 3.82. The normalized spacial score (nSPS) is 19.2. The zero-order valence-electron chi connectivity index (χ0n) is 14.6. The summed E-state index contributed by atoms with van der Waals surface area (Å²) < 4.78 is 16.6. The monoisotopic (exact) mass is 357 g/mol. The first-order valence-electron chi connectivity index (χ1n) is 9.13. The van der Waals surface area contributed by atoms with Gasteiger partial charge < -0.3 is 24.5 Å². The molecule has 0 saturated carbocycles. The maximum atomic E-state index is 12.5. The quantitative estimate of drug-likeness (QED) is 0.854. The maximum Gasteiger partial charge on any atom is 0.273 e. The van der Waals surface area contributed by atoms with E-state index >= 15 is 0 Å². The predicted octanol–water partition coefficient (Wildman–Crippen LogP) is 2.23. The first-order valence-corrected chi connectivity index (χ1v) is 9.13. The molecule has 2 aliphatic heterocycles. The zero-order valence-corrected chi connectivity index (χ0v) is 14.6. The number of oxazole rings is 1. The van der Waals surface area contributed by atoms with E-state index in [1.165, 1.54) is 19.2 Å². The third-order valence-corrected chi connectivity index (χ3v) is 4.82. The van der Waals surface area contributed by atoms with Crippen LogP contribution in [0.2, 0.25) is 0 Å². The van der Waals surface area contributed by atoms with E-state index in [1.54, 1.807) is 0 Å². The lowest BCUT2D eigenvalue weighted by Crippen LogP contribution is -2.33. The van der Waals surface area contributed by atoms with Crippen molar-refractivity contribution in [3.8, 4) is 22.8 Å². The number of carbonyl (C=O) groups is 1. The molecule has 0 bridgehead atoms. The van der Waals surface area contributed by atoms with E-state index in [0.717, 1.165) is 25.1 Å². The van der Waals surface area contributed by atoms with Crippen LogP contribution in [0.25, 0.3) is 11.3 Å². The zero-order chi connectivity index (χ0) is 17.8. The van der Waals surface area contributed by atoms with Crippen molar-refractivity contribution in [2.24, 2.45) is 5.92 Å². The molecule has 7 nitrogen and oxygen atoms in total. The summed E-state index contributed by atoms with van der Waals surface area (Å²) in [5.41, 5.74) is 1.04. The third kappa shape index (κ3) is 3.67. The van der Waals surface area contributed by atoms with Gasteiger partial charge in [-0.25, -0.2) is 4.98 Å². The average Bonchev–Trinajstić information content (AvgIpc) is 3.18. The third-order valence-electron chi connectivity index (χ3n) is 4.82. The summed E-state index contributed by atoms with van der Waals surface area (Å²) in [5.74, 6) is 2.21. The van der Waals surface area contributed by atoms with Crippen LogP contribution in [-0.4, -0.2) is 43.7 Å². The number of fused-ring (bicyclic) bond motifs is 1. The van der Waals surface area contributed by atoms with Crippen molar-refractivity contribution in [2.75, 3.05) is 32.8 Å². The van der Waals surface area contributed by atoms with Crippen LogP contribution in [0, 0.1) is 5.92 Å². The minimum Gasteiger partial charge on any atom is -0.486 e. The largest absolute Gasteiger partial charge is 0.486 e. The molecule has 2 aromatic rings. The Balaban J connectivity index is 1.42. The summed E-state index contributed by atoms with van der Waals surface area (Å²) in [6.07, 6.45) is 4.69. The molecule has 0 radical (unpaired) electrons. The van der Waals surface area contributed by atoms with Crippen LogP contribution in [0.3, 0.4) is 0 Å². The van der Waals surface area contributed by atoms with Gasteiger partial charge in [-0.15, -0.1) is 0 Å². The number of hydrogen-bond acceptors (Lipinski definition) is 6. The molecule has 7 heteroatoms. The van der Waals surface area contributed by atoms with E-state index in [-0.39, 0.29) is 5.91 Å². The van der Waals surface area contributed by atoms with Crippen LogP contribution in [0.4, 0.5) is 0 Å². The number of carbonyl (C=O) groups excluding carboxylic acids is 1. The van der Waals surface area contributed by atoms with E-state index in [1.807, 2.05) is 18.2 Å². The fourth-order valence-electron chi connectivity index (χ4n) is 3.44. The lowest BCUT2D eigenvalue weighted by atomic mass is 9.96. The van der Waals surface area contributed by atoms with Crippen LogP contribution in [0.15, 0.2) is 29.0 Å². The summed E-state index contributed by atoms with van der Waals surface area (Å²) in [5, 5.41) is 6.35. The lowest BCUT2D eigenvalue weighted by Gasteiger charge is -2.22. The fraction of sp³-hybridized carbons (Fsp3) is 0.474. The Bertz CT molecular complexity index is 768. The van der Waals surface area contributed by atoms with Gasteiger partial charge in [0, 0.05) is 12.1 Å². The average molecular weight is 357 g/mol. The van der Waals surface area contributed by atoms with Gasteiger partial charge in [-0.3, -0.25) is 4.79 Å². The molecule has 138 valence electrons. The lowest BCUT2D eigenvalue weighted by molar-refractivity contribution is 0.0946. The molecule has 1 aromatic carbocycles. The number of benzene rings is 1. The van der Waals surface area contributed by atoms with E-state index in [9.17, 15) is 4.79 Å². The molecule has 0 spiro atoms. The van der Waals surface area contributed by atoms with Gasteiger partial charge >= 0.3 is 0 Å². The molecule has 1 unspecified atom stereocenters. The molecule has 1 fully saturated rings. The van der Waals surface area contributed by atoms with Crippen LogP contribution in [0.1, 0.15) is 29.8 Å². The van der Waals surface area contributed by atoms with Gasteiger partial charge in [0.1, 0.15) is 13.2 Å². The van der Waals surface area contributed by atoms with E-state index in [2.05, 4.69) is 15.6 Å². The Morgan fingerprint density at radius 3 is 3.00 bits per heavy atom. The first-order chi connectivity index (χ1) is 12.8. The highest BCUT2D eigenvalue weighted by Gasteiger charge is 2.21. The molecular weight excluding hydrogens is 334 g/mol. The van der Waals surface area contributed by atoms with E-state index in [4.69, 9.17) is 13.9 Å². The topological polar surface area (TPSA) is 85.6 Å². The molecule has 2 aliphatic rings. The molecule has 1 aromatic heterocycles. The second kappa shape index (κ2) is 7.78. The molecule has 1 amide bonds. The minimum atomic E-state index is -0.215. The van der Waals surface area contributed by atoms with Gasteiger partial charge in [-0.1, -0.05) is 0 Å². The maximum absolute atomic E-state index is 12.5. The number of aromatic nitrogens is 1. The van der Waals surface area contributed by atoms with E-state index < -0.39 is 0 Å². The second-order valence-electron chi connectivity index (χ2n) is 6.65. The number of nitrogens with zero attached hydrogens (tertiary/aromatic N) is 1. The number of ether oxygens (including phenoxy) is 2. The van der Waals surface area contributed by atoms with Crippen molar-refractivity contribution < 1.29 is 18.7 Å². The molecule has 3 heterocycles. The smallest absolute Gasteiger partial charge is 0.273 e. The molecular formula is C19H23N3O4. The van der Waals surface area contributed by atoms with Gasteiger partial charge in [0.2, 0.25) is 0 Å². The van der Waals surface area contributed by atoms with Gasteiger partial charge in [0.15, 0.2) is 29.3 Å². The summed E-state index contributed by atoms with van der Waals surface area (Å²) in [6, 6.07) is 5.49. The first kappa shape index (κ1) is 16.9. The van der Waals surface area contributed by atoms with Crippen LogP contribution in [0.5, 0.6) is 11.5 Å². The number of rotatable bonds is 5. The van der Waals surface area contributed by atoms with Crippen LogP contribution >= 0.6 is 0 Å². The predicted molar refractivity (Wildman–Crippen MR) is 95.5 cm³/mol. The molecule has 4 rings (SSSR count). The Hall–Kier alpha value is -2.54. The second-order valence-corrected chi connectivity index (χ2v) is 6.65. The highest BCUT2D eigenvalue weighted by molar-refractivity contribution is 5.97. The SMILES string of the molecule is O=C(NCCC1CCCNC1)c1ncoc1-c1ccc2c(c1)OCCO2. The molecule has 1 saturated heterocycles. The number of nitrogens with one attached hydrogen (secondary N) is 2. The van der Waals surface area contributed by atoms with Crippen molar-refractivity contribution >= 4 is 5.91 Å². The Morgan fingerprint density at radius 2 is 2.15 bits per heavy atom. The Kier molecular flexibility index (Phi) is 5.06. The standard InChI is InChI=1S/C19H23N3O4/c23-19(21-7-5-13-2-1-6-20-11-13)17-18(26-12-22-17)14-3-4-15-16(10-14)25-9-8-24-15/h3-4,10,12-13,20H,1-2,5-9,11H2,(H,21,23). The van der Waals surface area contributed by atoms with Crippen molar-refractivity contribution in [1.82, 2.24) is 15.6 Å². The highest BCUT2D eigenvalue weighted by atomic mass is 16.6. The number of hydrogen-bond donors (Lipinski definition) is 2. The fourth-order valence-corrected chi connectivity index (χ4v) is 3.44. The van der Waals surface area contributed by atoms with Crippen molar-refractivity contribution in [3.05, 3.63) is 30.3 Å². The number of amides is 1. The Morgan fingerprint density at radius 1 is 1.27 bits per heavy atom. The molecule has 0 aliphatic carbocycles. The minimum absolute atomic E-state index is 0.215. The van der Waals surface area contributed by atoms with Gasteiger partial charge in [-0.05, 0) is 56.5 Å². The van der Waals surface area contributed by atoms with Crippen LogP contribution in [-0.2, 0) is 0 Å². The van der Waals surface area contributed by atoms with Gasteiger partial charge in [0.05, 0.1) is 0 Å². The van der Waals surface area contributed by atoms with Crippen LogP contribution < -0.4 is 20.1 Å². The molecule has 2 N–H and O–H groups in total. The summed E-state index contributed by atoms with van der Waals surface area (Å²) >= 11 is 0. The van der Waals surface area contributed by atoms with Gasteiger partial charge in [-0.2, -0.15) is 0 Å². The summed E-state index contributed by atoms with van der Waals surface area (Å²) in [4.78, 5) is 16.6. The van der Waals surface area contributed by atoms with E-state index in [0.29, 0.717) is 48.6 Å². The molecule has 26 heavy (non-hydrogen) atoms. The summed E-state index contributed by atoms with van der Waals surface area (Å²) in [7, 11) is 0. The number of piperidine rings is 1.